The van der Waals surface area contributed by atoms with Gasteiger partial charge in [-0.15, -0.1) is 0 Å². The number of nitrogens with zero attached hydrogens (tertiary/aromatic N) is 4. The number of hydrogen-bond donors (Lipinski definition) is 1. The third kappa shape index (κ3) is 4.89. The summed E-state index contributed by atoms with van der Waals surface area (Å²) in [5.41, 5.74) is 2.01. The first-order valence-electron chi connectivity index (χ1n) is 12.4. The Hall–Kier alpha value is -3.39. The van der Waals surface area contributed by atoms with Crippen LogP contribution in [0.1, 0.15) is 44.9 Å². The second kappa shape index (κ2) is 10.5. The van der Waals surface area contributed by atoms with Gasteiger partial charge in [-0.1, -0.05) is 81.4 Å². The Balaban J connectivity index is 1.66. The fraction of sp³-hybridized carbons (Fsp3) is 0.444. The van der Waals surface area contributed by atoms with Crippen molar-refractivity contribution in [2.45, 2.75) is 52.5 Å². The average Bonchev–Trinajstić information content (AvgIpc) is 2.87. The van der Waals surface area contributed by atoms with Crippen LogP contribution in [0.15, 0.2) is 60.7 Å². The van der Waals surface area contributed by atoms with Crippen molar-refractivity contribution in [1.82, 2.24) is 25.1 Å². The summed E-state index contributed by atoms with van der Waals surface area (Å²) in [6.45, 7) is 9.04. The molecule has 0 aliphatic carbocycles. The Kier molecular flexibility index (Phi) is 7.40. The number of likely N-dealkylation sites (N-methyl/N-ethyl adjacent to an activating group) is 1. The molecule has 1 N–H and O–H groups in total. The van der Waals surface area contributed by atoms with Crippen LogP contribution in [0.3, 0.4) is 0 Å². The molecule has 8 nitrogen and oxygen atoms in total. The molecule has 2 aromatic carbocycles. The lowest BCUT2D eigenvalue weighted by Gasteiger charge is -2.56. The molecule has 2 fully saturated rings. The third-order valence-corrected chi connectivity index (χ3v) is 6.95. The Morgan fingerprint density at radius 3 is 2.23 bits per heavy atom. The lowest BCUT2D eigenvalue weighted by Crippen LogP contribution is -2.77. The van der Waals surface area contributed by atoms with Crippen molar-refractivity contribution in [1.29, 1.82) is 0 Å². The summed E-state index contributed by atoms with van der Waals surface area (Å²) in [5.74, 6) is -0.291. The number of benzene rings is 2. The molecule has 35 heavy (non-hydrogen) atoms. The summed E-state index contributed by atoms with van der Waals surface area (Å²) < 4.78 is 0. The largest absolute Gasteiger partial charge is 0.334 e. The van der Waals surface area contributed by atoms with Gasteiger partial charge in [-0.05, 0) is 24.0 Å². The van der Waals surface area contributed by atoms with Crippen molar-refractivity contribution < 1.29 is 14.4 Å². The highest BCUT2D eigenvalue weighted by Crippen LogP contribution is 2.33. The van der Waals surface area contributed by atoms with Gasteiger partial charge in [0.1, 0.15) is 12.2 Å². The fourth-order valence-corrected chi connectivity index (χ4v) is 5.10. The number of urea groups is 1. The van der Waals surface area contributed by atoms with E-state index in [1.54, 1.807) is 14.9 Å². The molecule has 3 atom stereocenters. The highest BCUT2D eigenvalue weighted by Gasteiger charge is 2.52. The van der Waals surface area contributed by atoms with Crippen LogP contribution < -0.4 is 5.32 Å². The molecular weight excluding hydrogens is 442 g/mol. The van der Waals surface area contributed by atoms with E-state index in [9.17, 15) is 14.4 Å². The Bertz CT molecular complexity index is 1050. The smallest absolute Gasteiger partial charge is 0.333 e. The molecule has 0 unspecified atom stereocenters. The molecule has 8 heteroatoms. The molecule has 2 aromatic rings. The summed E-state index contributed by atoms with van der Waals surface area (Å²) in [6, 6.07) is 18.5. The maximum Gasteiger partial charge on any atom is 0.334 e. The minimum absolute atomic E-state index is 0.0660. The lowest BCUT2D eigenvalue weighted by molar-refractivity contribution is -0.194. The SMILES string of the molecule is CCN1CC(=O)N2[C@@H](C(C)C)C(=O)N([C@H](C)c3ccccc3)C[C@@H]2N1C(=O)NCc1ccccc1. The van der Waals surface area contributed by atoms with Crippen LogP contribution in [0.4, 0.5) is 4.79 Å². The van der Waals surface area contributed by atoms with Crippen LogP contribution in [-0.2, 0) is 16.1 Å². The van der Waals surface area contributed by atoms with Crippen LogP contribution >= 0.6 is 0 Å². The molecule has 0 spiro atoms. The maximum atomic E-state index is 13.7. The summed E-state index contributed by atoms with van der Waals surface area (Å²) >= 11 is 0. The van der Waals surface area contributed by atoms with E-state index in [1.807, 2.05) is 93.3 Å². The second-order valence-corrected chi connectivity index (χ2v) is 9.52. The Morgan fingerprint density at radius 2 is 1.63 bits per heavy atom. The van der Waals surface area contributed by atoms with Gasteiger partial charge in [0.2, 0.25) is 11.8 Å². The summed E-state index contributed by atoms with van der Waals surface area (Å²) in [4.78, 5) is 44.0. The van der Waals surface area contributed by atoms with Crippen molar-refractivity contribution >= 4 is 17.8 Å². The third-order valence-electron chi connectivity index (χ3n) is 6.95. The average molecular weight is 478 g/mol. The molecule has 2 heterocycles. The van der Waals surface area contributed by atoms with Crippen molar-refractivity contribution in [3.63, 3.8) is 0 Å². The normalized spacial score (nSPS) is 21.8. The molecule has 2 aliphatic rings. The number of hydrogen-bond acceptors (Lipinski definition) is 4. The van der Waals surface area contributed by atoms with E-state index < -0.39 is 12.2 Å². The molecule has 2 aliphatic heterocycles. The highest BCUT2D eigenvalue weighted by atomic mass is 16.2. The minimum atomic E-state index is -0.629. The molecular formula is C27H35N5O3. The molecule has 4 rings (SSSR count). The Labute approximate surface area is 207 Å². The highest BCUT2D eigenvalue weighted by molar-refractivity contribution is 5.91. The molecule has 0 aromatic heterocycles. The van der Waals surface area contributed by atoms with Gasteiger partial charge in [0.25, 0.3) is 0 Å². The molecule has 0 radical (unpaired) electrons. The monoisotopic (exact) mass is 477 g/mol. The number of hydrazine groups is 1. The number of piperazine rings is 1. The van der Waals surface area contributed by atoms with Crippen LogP contribution in [-0.4, -0.2) is 69.5 Å². The van der Waals surface area contributed by atoms with Crippen LogP contribution in [0.5, 0.6) is 0 Å². The number of carbonyl (C=O) groups is 3. The first-order valence-corrected chi connectivity index (χ1v) is 12.4. The predicted molar refractivity (Wildman–Crippen MR) is 134 cm³/mol. The summed E-state index contributed by atoms with van der Waals surface area (Å²) in [7, 11) is 0. The zero-order valence-corrected chi connectivity index (χ0v) is 20.9. The molecule has 4 amide bonds. The predicted octanol–water partition coefficient (Wildman–Crippen LogP) is 3.23. The number of nitrogens with one attached hydrogen (secondary N) is 1. The van der Waals surface area contributed by atoms with Crippen molar-refractivity contribution in [2.75, 3.05) is 19.6 Å². The van der Waals surface area contributed by atoms with Gasteiger partial charge in [0, 0.05) is 13.1 Å². The van der Waals surface area contributed by atoms with Crippen molar-refractivity contribution in [2.24, 2.45) is 5.92 Å². The number of rotatable bonds is 6. The zero-order valence-electron chi connectivity index (χ0n) is 20.9. The fourth-order valence-electron chi connectivity index (χ4n) is 5.10. The van der Waals surface area contributed by atoms with Crippen molar-refractivity contribution in [3.8, 4) is 0 Å². The van der Waals surface area contributed by atoms with Gasteiger partial charge in [-0.25, -0.2) is 14.8 Å². The minimum Gasteiger partial charge on any atom is -0.333 e. The van der Waals surface area contributed by atoms with E-state index in [0.29, 0.717) is 13.1 Å². The molecule has 0 bridgehead atoms. The topological polar surface area (TPSA) is 76.2 Å². The number of fused-ring (bicyclic) bond motifs is 1. The lowest BCUT2D eigenvalue weighted by atomic mass is 9.94. The molecule has 186 valence electrons. The first kappa shape index (κ1) is 24.7. The van der Waals surface area contributed by atoms with E-state index in [0.717, 1.165) is 11.1 Å². The van der Waals surface area contributed by atoms with E-state index in [1.165, 1.54) is 0 Å². The van der Waals surface area contributed by atoms with Gasteiger partial charge in [0.15, 0.2) is 0 Å². The van der Waals surface area contributed by atoms with E-state index in [-0.39, 0.29) is 42.9 Å². The van der Waals surface area contributed by atoms with Gasteiger partial charge in [0.05, 0.1) is 19.1 Å². The van der Waals surface area contributed by atoms with E-state index in [2.05, 4.69) is 5.32 Å². The van der Waals surface area contributed by atoms with Gasteiger partial charge < -0.3 is 15.1 Å². The van der Waals surface area contributed by atoms with Gasteiger partial charge in [-0.2, -0.15) is 0 Å². The maximum absolute atomic E-state index is 13.7. The number of amides is 4. The number of carbonyl (C=O) groups excluding carboxylic acids is 3. The summed E-state index contributed by atoms with van der Waals surface area (Å²) in [6.07, 6.45) is -0.580. The molecule has 0 saturated carbocycles. The van der Waals surface area contributed by atoms with Crippen molar-refractivity contribution in [3.05, 3.63) is 71.8 Å². The second-order valence-electron chi connectivity index (χ2n) is 9.52. The quantitative estimate of drug-likeness (QED) is 0.693. The van der Waals surface area contributed by atoms with Crippen LogP contribution in [0, 0.1) is 5.92 Å². The first-order chi connectivity index (χ1) is 16.8. The van der Waals surface area contributed by atoms with Gasteiger partial charge >= 0.3 is 6.03 Å². The van der Waals surface area contributed by atoms with E-state index >= 15 is 0 Å². The Morgan fingerprint density at radius 1 is 1.00 bits per heavy atom. The zero-order chi connectivity index (χ0) is 25.1. The summed E-state index contributed by atoms with van der Waals surface area (Å²) in [5, 5.41) is 6.45. The molecule has 2 saturated heterocycles. The van der Waals surface area contributed by atoms with Crippen LogP contribution in [0.25, 0.3) is 0 Å². The standard InChI is InChI=1S/C27H35N5O3/c1-5-29-18-24(33)31-23(32(29)27(35)28-16-21-12-8-6-9-13-21)17-30(26(34)25(31)19(2)3)20(4)22-14-10-7-11-15-22/h6-15,19-20,23,25H,5,16-18H2,1-4H3,(H,28,35)/t20-,23+,25+/m1/s1. The van der Waals surface area contributed by atoms with E-state index in [4.69, 9.17) is 0 Å². The van der Waals surface area contributed by atoms with Gasteiger partial charge in [-0.3, -0.25) is 9.59 Å². The van der Waals surface area contributed by atoms with Crippen LogP contribution in [0.2, 0.25) is 0 Å².